The molecule has 49 heavy (non-hydrogen) atoms. The molecule has 270 valence electrons. The van der Waals surface area contributed by atoms with E-state index in [1.54, 1.807) is 36.1 Å². The summed E-state index contributed by atoms with van der Waals surface area (Å²) in [6.45, 7) is 2.07. The van der Waals surface area contributed by atoms with Crippen molar-refractivity contribution >= 4 is 35.3 Å². The molecule has 7 atom stereocenters. The van der Waals surface area contributed by atoms with E-state index in [9.17, 15) is 45.0 Å². The Morgan fingerprint density at radius 3 is 2.55 bits per heavy atom. The number of cyclic esters (lactones) is 1. The number of phenolic OH excluding ortho intramolecular Hbond substituents is 2. The maximum atomic E-state index is 13.2. The number of fused-ring (bicyclic) bond motifs is 1. The summed E-state index contributed by atoms with van der Waals surface area (Å²) in [5, 5.41) is 67.6. The van der Waals surface area contributed by atoms with Crippen molar-refractivity contribution in [3.05, 3.63) is 47.6 Å². The van der Waals surface area contributed by atoms with Crippen molar-refractivity contribution in [3.8, 4) is 11.5 Å². The Morgan fingerprint density at radius 1 is 1.06 bits per heavy atom. The van der Waals surface area contributed by atoms with E-state index < -0.39 is 66.2 Å². The lowest BCUT2D eigenvalue weighted by Crippen LogP contribution is -2.57. The lowest BCUT2D eigenvalue weighted by molar-refractivity contribution is -0.205. The Morgan fingerprint density at radius 2 is 1.82 bits per heavy atom. The van der Waals surface area contributed by atoms with Gasteiger partial charge < -0.3 is 55.2 Å². The molecule has 3 aliphatic heterocycles. The van der Waals surface area contributed by atoms with Gasteiger partial charge in [-0.3, -0.25) is 9.59 Å². The lowest BCUT2D eigenvalue weighted by Gasteiger charge is -2.39. The molecular formula is C33H45N3O12S. The Kier molecular flexibility index (Phi) is 14.3. The molecule has 1 aromatic carbocycles. The second-order valence-corrected chi connectivity index (χ2v) is 13.3. The summed E-state index contributed by atoms with van der Waals surface area (Å²) < 4.78 is 11.0. The molecule has 1 aromatic rings. The number of allylic oxidation sites excluding steroid dienone is 1. The number of nitrogens with one attached hydrogen (secondary N) is 1. The van der Waals surface area contributed by atoms with E-state index in [4.69, 9.17) is 14.3 Å². The van der Waals surface area contributed by atoms with Crippen LogP contribution >= 0.6 is 11.8 Å². The molecule has 3 aliphatic rings. The first-order chi connectivity index (χ1) is 23.5. The fourth-order valence-electron chi connectivity index (χ4n) is 5.64. The van der Waals surface area contributed by atoms with Crippen LogP contribution < -0.4 is 5.32 Å². The second kappa shape index (κ2) is 18.4. The van der Waals surface area contributed by atoms with E-state index in [1.807, 2.05) is 0 Å². The molecule has 0 radical (unpaired) electrons. The SMILES string of the molecule is C[C@@H]1C/C=C/[C@@H](NC(=O)CS[C@@H]2OC(CO)C(O)C(O)C2O)C/C=C/C(=N\OCC(=O)N2CCCCC2)Cc2cc(O)cc(O)c2C(=O)O1. The molecule has 2 amide bonds. The van der Waals surface area contributed by atoms with Gasteiger partial charge in [-0.2, -0.15) is 0 Å². The number of amides is 2. The molecule has 16 heteroatoms. The smallest absolute Gasteiger partial charge is 0.342 e. The van der Waals surface area contributed by atoms with Crippen molar-refractivity contribution in [1.29, 1.82) is 0 Å². The number of carbonyl (C=O) groups excluding carboxylic acids is 3. The van der Waals surface area contributed by atoms with Crippen molar-refractivity contribution in [2.24, 2.45) is 5.16 Å². The molecule has 0 aromatic heterocycles. The molecule has 0 spiro atoms. The maximum Gasteiger partial charge on any atom is 0.342 e. The van der Waals surface area contributed by atoms with Crippen molar-refractivity contribution < 1.29 is 59.3 Å². The van der Waals surface area contributed by atoms with Gasteiger partial charge in [0.05, 0.1) is 24.1 Å². The molecular weight excluding hydrogens is 662 g/mol. The van der Waals surface area contributed by atoms with Gasteiger partial charge in [0.2, 0.25) is 5.91 Å². The minimum Gasteiger partial charge on any atom is -0.508 e. The summed E-state index contributed by atoms with van der Waals surface area (Å²) in [7, 11) is 0. The number of aliphatic hydroxyl groups excluding tert-OH is 4. The monoisotopic (exact) mass is 707 g/mol. The minimum absolute atomic E-state index is 0.0855. The molecule has 2 saturated heterocycles. The fourth-order valence-corrected chi connectivity index (χ4v) is 6.62. The zero-order valence-electron chi connectivity index (χ0n) is 27.2. The minimum atomic E-state index is -1.56. The number of esters is 1. The molecule has 15 nitrogen and oxygen atoms in total. The first-order valence-corrected chi connectivity index (χ1v) is 17.3. The normalized spacial score (nSPS) is 30.4. The fraction of sp³-hybridized carbons (Fsp3) is 0.576. The lowest BCUT2D eigenvalue weighted by atomic mass is 9.99. The van der Waals surface area contributed by atoms with Crippen molar-refractivity contribution in [1.82, 2.24) is 10.2 Å². The number of nitrogens with zero attached hydrogens (tertiary/aromatic N) is 2. The van der Waals surface area contributed by atoms with E-state index in [-0.39, 0.29) is 60.1 Å². The number of phenols is 2. The Labute approximate surface area is 288 Å². The summed E-state index contributed by atoms with van der Waals surface area (Å²) in [6.07, 6.45) is 3.85. The highest BCUT2D eigenvalue weighted by molar-refractivity contribution is 8.00. The molecule has 7 N–H and O–H groups in total. The van der Waals surface area contributed by atoms with Crippen LogP contribution in [0.2, 0.25) is 0 Å². The van der Waals surface area contributed by atoms with E-state index >= 15 is 0 Å². The number of ether oxygens (including phenoxy) is 2. The van der Waals surface area contributed by atoms with E-state index in [2.05, 4.69) is 10.5 Å². The van der Waals surface area contributed by atoms with Gasteiger partial charge >= 0.3 is 5.97 Å². The van der Waals surface area contributed by atoms with Crippen molar-refractivity contribution in [2.75, 3.05) is 32.1 Å². The predicted octanol–water partition coefficient (Wildman–Crippen LogP) is 0.495. The van der Waals surface area contributed by atoms with E-state index in [0.29, 0.717) is 13.1 Å². The molecule has 4 rings (SSSR count). The van der Waals surface area contributed by atoms with Gasteiger partial charge in [0.1, 0.15) is 53.0 Å². The quantitative estimate of drug-likeness (QED) is 0.111. The Balaban J connectivity index is 1.50. The number of aromatic hydroxyl groups is 2. The van der Waals surface area contributed by atoms with Crippen LogP contribution in [0.3, 0.4) is 0 Å². The van der Waals surface area contributed by atoms with Crippen molar-refractivity contribution in [2.45, 2.75) is 87.4 Å². The number of oxime groups is 1. The average Bonchev–Trinajstić information content (AvgIpc) is 3.06. The third kappa shape index (κ3) is 10.9. The topological polar surface area (TPSA) is 228 Å². The van der Waals surface area contributed by atoms with Gasteiger partial charge in [-0.05, 0) is 50.3 Å². The number of piperidine rings is 1. The number of aliphatic hydroxyl groups is 4. The summed E-state index contributed by atoms with van der Waals surface area (Å²) in [5.41, 5.74) is -0.744. The van der Waals surface area contributed by atoms with Gasteiger partial charge in [0.25, 0.3) is 5.91 Å². The number of likely N-dealkylation sites (tertiary alicyclic amines) is 1. The summed E-state index contributed by atoms with van der Waals surface area (Å²) in [5.74, 6) is -2.39. The summed E-state index contributed by atoms with van der Waals surface area (Å²) in [4.78, 5) is 45.9. The maximum absolute atomic E-state index is 13.2. The third-order valence-electron chi connectivity index (χ3n) is 8.26. The average molecular weight is 708 g/mol. The highest BCUT2D eigenvalue weighted by Gasteiger charge is 2.43. The van der Waals surface area contributed by atoms with Gasteiger partial charge in [-0.1, -0.05) is 23.4 Å². The van der Waals surface area contributed by atoms with Crippen LogP contribution in [0.1, 0.15) is 54.9 Å². The number of hydrogen-bond donors (Lipinski definition) is 7. The van der Waals surface area contributed by atoms with E-state index in [1.165, 1.54) is 6.07 Å². The molecule has 0 saturated carbocycles. The number of rotatable bonds is 8. The van der Waals surface area contributed by atoms with Gasteiger partial charge in [0, 0.05) is 32.0 Å². The molecule has 2 fully saturated rings. The highest BCUT2D eigenvalue weighted by atomic mass is 32.2. The summed E-state index contributed by atoms with van der Waals surface area (Å²) in [6, 6.07) is 1.80. The summed E-state index contributed by atoms with van der Waals surface area (Å²) >= 11 is 0.900. The molecule has 4 unspecified atom stereocenters. The van der Waals surface area contributed by atoms with Gasteiger partial charge in [-0.25, -0.2) is 4.79 Å². The predicted molar refractivity (Wildman–Crippen MR) is 178 cm³/mol. The van der Waals surface area contributed by atoms with Crippen LogP contribution in [0.4, 0.5) is 0 Å². The second-order valence-electron chi connectivity index (χ2n) is 12.2. The molecule has 0 aliphatic carbocycles. The third-order valence-corrected chi connectivity index (χ3v) is 9.40. The molecule has 3 heterocycles. The highest BCUT2D eigenvalue weighted by Crippen LogP contribution is 2.30. The van der Waals surface area contributed by atoms with Crippen LogP contribution in [0, 0.1) is 0 Å². The van der Waals surface area contributed by atoms with Gasteiger partial charge in [-0.15, -0.1) is 11.8 Å². The number of carbonyl (C=O) groups is 3. The van der Waals surface area contributed by atoms with E-state index in [0.717, 1.165) is 37.1 Å². The zero-order chi connectivity index (χ0) is 35.5. The molecule has 0 bridgehead atoms. The van der Waals surface area contributed by atoms with Crippen LogP contribution in [0.25, 0.3) is 0 Å². The van der Waals surface area contributed by atoms with Crippen LogP contribution in [0.15, 0.2) is 41.6 Å². The van der Waals surface area contributed by atoms with Crippen LogP contribution in [-0.2, 0) is 30.3 Å². The van der Waals surface area contributed by atoms with Crippen LogP contribution in [0.5, 0.6) is 11.5 Å². The first kappa shape index (κ1) is 38.1. The zero-order valence-corrected chi connectivity index (χ0v) is 28.0. The van der Waals surface area contributed by atoms with Crippen molar-refractivity contribution in [3.63, 3.8) is 0 Å². The Hall–Kier alpha value is -3.67. The van der Waals surface area contributed by atoms with Crippen LogP contribution in [-0.4, -0.2) is 133 Å². The number of hydrogen-bond acceptors (Lipinski definition) is 14. The van der Waals surface area contributed by atoms with Gasteiger partial charge in [0.15, 0.2) is 6.61 Å². The largest absolute Gasteiger partial charge is 0.508 e. The Bertz CT molecular complexity index is 1400. The number of thioether (sulfide) groups is 1. The first-order valence-electron chi connectivity index (χ1n) is 16.2. The number of benzene rings is 1. The standard InChI is InChI=1S/C33H45N3O12S/c1-19-7-5-8-21(34-26(40)18-49-33-31(44)30(43)29(42)25(16-37)48-33)9-6-10-22(35-46-17-27(41)36-11-3-2-4-12-36)13-20-14-23(38)15-24(39)28(20)32(45)47-19/h5-6,8,10,14-15,19,21,25,29-31,33,37-39,42-44H,2-4,7,9,11-13,16-18H2,1H3,(H,34,40)/b8-5+,10-6+,35-22+/t19-,21-,25?,29?,30?,31?,33+/m1/s1.